The first-order valence-electron chi connectivity index (χ1n) is 11.9. The highest BCUT2D eigenvalue weighted by atomic mass is 16.2. The maximum Gasteiger partial charge on any atom is 0.249 e. The van der Waals surface area contributed by atoms with Crippen LogP contribution in [0.2, 0.25) is 0 Å². The van der Waals surface area contributed by atoms with Crippen LogP contribution in [0.25, 0.3) is 0 Å². The molecule has 4 fully saturated rings. The zero-order valence-electron chi connectivity index (χ0n) is 17.9. The molecule has 4 saturated carbocycles. The van der Waals surface area contributed by atoms with Crippen LogP contribution < -0.4 is 10.2 Å². The molecule has 4 bridgehead atoms. The van der Waals surface area contributed by atoms with Gasteiger partial charge in [-0.15, -0.1) is 0 Å². The second-order valence-electron chi connectivity index (χ2n) is 10.5. The van der Waals surface area contributed by atoms with Gasteiger partial charge in [0.25, 0.3) is 0 Å². The molecule has 0 saturated heterocycles. The Hall–Kier alpha value is -2.29. The quantitative estimate of drug-likeness (QED) is 0.730. The maximum atomic E-state index is 13.1. The first-order valence-corrected chi connectivity index (χ1v) is 11.9. The summed E-state index contributed by atoms with van der Waals surface area (Å²) in [6.45, 7) is 2.77. The molecular weight excluding hydrogens is 368 g/mol. The standard InChI is InChI=1S/C27H32N2O/c1-18(26(30)29-11-10-22-4-2-3-5-25(22)29)28-24-8-6-23(7-9-24)27-15-19-12-20(16-27)14-21(13-19)17-27/h2-9,18-21,28H,10-17H2,1H3/t18-,19?,20?,21?,27?/m1/s1. The zero-order valence-corrected chi connectivity index (χ0v) is 17.9. The number of hydrogen-bond donors (Lipinski definition) is 1. The van der Waals surface area contributed by atoms with Gasteiger partial charge < -0.3 is 10.2 Å². The van der Waals surface area contributed by atoms with Crippen molar-refractivity contribution in [3.8, 4) is 0 Å². The Balaban J connectivity index is 1.16. The van der Waals surface area contributed by atoms with Gasteiger partial charge in [0.1, 0.15) is 6.04 Å². The number of hydrogen-bond acceptors (Lipinski definition) is 2. The summed E-state index contributed by atoms with van der Waals surface area (Å²) in [5.41, 5.74) is 5.39. The van der Waals surface area contributed by atoms with Crippen LogP contribution in [-0.4, -0.2) is 18.5 Å². The molecule has 5 aliphatic rings. The van der Waals surface area contributed by atoms with E-state index in [0.29, 0.717) is 5.41 Å². The summed E-state index contributed by atoms with van der Waals surface area (Å²) >= 11 is 0. The molecule has 7 rings (SSSR count). The van der Waals surface area contributed by atoms with Crippen molar-refractivity contribution in [3.63, 3.8) is 0 Å². The number of fused-ring (bicyclic) bond motifs is 1. The summed E-state index contributed by atoms with van der Waals surface area (Å²) in [6.07, 6.45) is 9.60. The van der Waals surface area contributed by atoms with Gasteiger partial charge in [-0.1, -0.05) is 30.3 Å². The van der Waals surface area contributed by atoms with E-state index in [1.54, 1.807) is 5.56 Å². The van der Waals surface area contributed by atoms with E-state index in [4.69, 9.17) is 0 Å². The summed E-state index contributed by atoms with van der Waals surface area (Å²) in [4.78, 5) is 15.0. The van der Waals surface area contributed by atoms with Crippen molar-refractivity contribution >= 4 is 17.3 Å². The number of anilines is 2. The van der Waals surface area contributed by atoms with E-state index in [9.17, 15) is 4.79 Å². The number of rotatable bonds is 4. The third-order valence-corrected chi connectivity index (χ3v) is 8.44. The van der Waals surface area contributed by atoms with E-state index >= 15 is 0 Å². The SMILES string of the molecule is C[C@@H](Nc1ccc(C23CC4CC(CC(C4)C2)C3)cc1)C(=O)N1CCc2ccccc21. The number of carbonyl (C=O) groups excluding carboxylic acids is 1. The average molecular weight is 401 g/mol. The van der Waals surface area contributed by atoms with Crippen molar-refractivity contribution in [1.29, 1.82) is 0 Å². The summed E-state index contributed by atoms with van der Waals surface area (Å²) in [5, 5.41) is 3.46. The minimum absolute atomic E-state index is 0.158. The molecular formula is C27H32N2O. The fourth-order valence-corrected chi connectivity index (χ4v) is 7.50. The van der Waals surface area contributed by atoms with E-state index in [1.165, 1.54) is 44.1 Å². The lowest BCUT2D eigenvalue weighted by Crippen LogP contribution is -2.48. The van der Waals surface area contributed by atoms with E-state index in [1.807, 2.05) is 17.9 Å². The van der Waals surface area contributed by atoms with Crippen molar-refractivity contribution in [1.82, 2.24) is 0 Å². The van der Waals surface area contributed by atoms with Gasteiger partial charge in [0.15, 0.2) is 0 Å². The number of carbonyl (C=O) groups is 1. The Kier molecular flexibility index (Phi) is 4.23. The lowest BCUT2D eigenvalue weighted by atomic mass is 9.48. The fourth-order valence-electron chi connectivity index (χ4n) is 7.50. The van der Waals surface area contributed by atoms with Crippen LogP contribution in [0.3, 0.4) is 0 Å². The van der Waals surface area contributed by atoms with Crippen molar-refractivity contribution in [3.05, 3.63) is 59.7 Å². The summed E-state index contributed by atoms with van der Waals surface area (Å²) < 4.78 is 0. The Morgan fingerprint density at radius 2 is 1.60 bits per heavy atom. The number of benzene rings is 2. The zero-order chi connectivity index (χ0) is 20.3. The van der Waals surface area contributed by atoms with Crippen LogP contribution in [0.1, 0.15) is 56.6 Å². The molecule has 1 heterocycles. The lowest BCUT2D eigenvalue weighted by molar-refractivity contribution is -0.118. The topological polar surface area (TPSA) is 32.3 Å². The molecule has 0 unspecified atom stereocenters. The Bertz CT molecular complexity index is 928. The second-order valence-corrected chi connectivity index (χ2v) is 10.5. The molecule has 4 aliphatic carbocycles. The van der Waals surface area contributed by atoms with Crippen LogP contribution in [0.5, 0.6) is 0 Å². The average Bonchev–Trinajstić information content (AvgIpc) is 3.17. The minimum Gasteiger partial charge on any atom is -0.374 e. The summed E-state index contributed by atoms with van der Waals surface area (Å²) in [5.74, 6) is 3.06. The van der Waals surface area contributed by atoms with Gasteiger partial charge in [-0.05, 0) is 104 Å². The van der Waals surface area contributed by atoms with Crippen LogP contribution in [-0.2, 0) is 16.6 Å². The predicted molar refractivity (Wildman–Crippen MR) is 122 cm³/mol. The molecule has 1 amide bonds. The Morgan fingerprint density at radius 1 is 0.967 bits per heavy atom. The fraction of sp³-hybridized carbons (Fsp3) is 0.519. The Labute approximate surface area is 179 Å². The first kappa shape index (κ1) is 18.5. The van der Waals surface area contributed by atoms with Crippen LogP contribution in [0.4, 0.5) is 11.4 Å². The maximum absolute atomic E-state index is 13.1. The van der Waals surface area contributed by atoms with E-state index in [0.717, 1.165) is 42.1 Å². The van der Waals surface area contributed by atoms with E-state index < -0.39 is 0 Å². The molecule has 2 aromatic rings. The molecule has 30 heavy (non-hydrogen) atoms. The highest BCUT2D eigenvalue weighted by Crippen LogP contribution is 2.60. The van der Waals surface area contributed by atoms with E-state index in [-0.39, 0.29) is 11.9 Å². The van der Waals surface area contributed by atoms with Gasteiger partial charge in [-0.25, -0.2) is 0 Å². The van der Waals surface area contributed by atoms with Crippen LogP contribution >= 0.6 is 0 Å². The lowest BCUT2D eigenvalue weighted by Gasteiger charge is -2.57. The number of nitrogens with zero attached hydrogens (tertiary/aromatic N) is 1. The van der Waals surface area contributed by atoms with Gasteiger partial charge in [0.05, 0.1) is 0 Å². The number of amides is 1. The largest absolute Gasteiger partial charge is 0.374 e. The van der Waals surface area contributed by atoms with Crippen LogP contribution in [0, 0.1) is 17.8 Å². The van der Waals surface area contributed by atoms with Crippen molar-refractivity contribution in [2.24, 2.45) is 17.8 Å². The molecule has 0 spiro atoms. The smallest absolute Gasteiger partial charge is 0.249 e. The minimum atomic E-state index is -0.235. The van der Waals surface area contributed by atoms with Crippen molar-refractivity contribution in [2.75, 3.05) is 16.8 Å². The number of nitrogens with one attached hydrogen (secondary N) is 1. The van der Waals surface area contributed by atoms with Crippen molar-refractivity contribution < 1.29 is 4.79 Å². The first-order chi connectivity index (χ1) is 14.6. The summed E-state index contributed by atoms with van der Waals surface area (Å²) in [7, 11) is 0. The molecule has 0 aromatic heterocycles. The van der Waals surface area contributed by atoms with Gasteiger partial charge in [0.2, 0.25) is 5.91 Å². The third kappa shape index (κ3) is 2.97. The summed E-state index contributed by atoms with van der Waals surface area (Å²) in [6, 6.07) is 17.1. The monoisotopic (exact) mass is 400 g/mol. The molecule has 2 aromatic carbocycles. The third-order valence-electron chi connectivity index (χ3n) is 8.44. The second kappa shape index (κ2) is 6.87. The molecule has 1 aliphatic heterocycles. The van der Waals surface area contributed by atoms with Gasteiger partial charge >= 0.3 is 0 Å². The normalized spacial score (nSPS) is 32.2. The molecule has 156 valence electrons. The van der Waals surface area contributed by atoms with Gasteiger partial charge in [-0.3, -0.25) is 4.79 Å². The molecule has 1 N–H and O–H groups in total. The highest BCUT2D eigenvalue weighted by Gasteiger charge is 2.51. The van der Waals surface area contributed by atoms with Gasteiger partial charge in [-0.2, -0.15) is 0 Å². The molecule has 0 radical (unpaired) electrons. The molecule has 3 nitrogen and oxygen atoms in total. The van der Waals surface area contributed by atoms with Crippen molar-refractivity contribution in [2.45, 2.75) is 63.3 Å². The molecule has 1 atom stereocenters. The number of para-hydroxylation sites is 1. The highest BCUT2D eigenvalue weighted by molar-refractivity contribution is 6.00. The van der Waals surface area contributed by atoms with E-state index in [2.05, 4.69) is 47.8 Å². The Morgan fingerprint density at radius 3 is 2.27 bits per heavy atom. The van der Waals surface area contributed by atoms with Crippen LogP contribution in [0.15, 0.2) is 48.5 Å². The van der Waals surface area contributed by atoms with Gasteiger partial charge in [0, 0.05) is 17.9 Å². The predicted octanol–water partition coefficient (Wildman–Crippen LogP) is 5.54. The molecule has 3 heteroatoms.